The van der Waals surface area contributed by atoms with Crippen molar-refractivity contribution in [2.24, 2.45) is 5.10 Å². The fourth-order valence-electron chi connectivity index (χ4n) is 5.28. The summed E-state index contributed by atoms with van der Waals surface area (Å²) in [4.78, 5) is 4.84. The zero-order valence-electron chi connectivity index (χ0n) is 18.8. The Kier molecular flexibility index (Phi) is 3.95. The molecule has 6 heteroatoms. The van der Waals surface area contributed by atoms with Crippen LogP contribution in [0.5, 0.6) is 0 Å². The summed E-state index contributed by atoms with van der Waals surface area (Å²) in [5.41, 5.74) is 6.98. The van der Waals surface area contributed by atoms with Crippen LogP contribution < -0.4 is 16.0 Å². The standard InChI is InChI=1S/C28H21N3O2P/c1-17-15-18(2)31(30-17)19-11-12-22-21-8-4-6-10-25(21)34(32,26(22)16-19)27-14-13-23-20-7-3-5-9-24(20)33-28(23)29-27/h3-14,16H,15H2,1-2H3/q+1. The molecule has 0 spiro atoms. The van der Waals surface area contributed by atoms with Gasteiger partial charge in [0.2, 0.25) is 11.4 Å². The Bertz CT molecular complexity index is 1790. The third kappa shape index (κ3) is 2.56. The first-order valence-electron chi connectivity index (χ1n) is 11.3. The van der Waals surface area contributed by atoms with Gasteiger partial charge in [-0.05, 0) is 47.4 Å². The Morgan fingerprint density at radius 1 is 0.853 bits per heavy atom. The van der Waals surface area contributed by atoms with Crippen LogP contribution >= 0.6 is 7.14 Å². The number of furan rings is 1. The molecule has 164 valence electrons. The van der Waals surface area contributed by atoms with Crippen molar-refractivity contribution in [2.45, 2.75) is 20.3 Å². The minimum atomic E-state index is -3.21. The predicted octanol–water partition coefficient (Wildman–Crippen LogP) is 5.49. The lowest BCUT2D eigenvalue weighted by Gasteiger charge is -2.14. The van der Waals surface area contributed by atoms with E-state index in [4.69, 9.17) is 14.5 Å². The lowest BCUT2D eigenvalue weighted by Crippen LogP contribution is -2.23. The zero-order chi connectivity index (χ0) is 23.0. The summed E-state index contributed by atoms with van der Waals surface area (Å²) in [6.45, 7) is 4.11. The molecule has 2 aliphatic rings. The van der Waals surface area contributed by atoms with Crippen LogP contribution in [0.4, 0.5) is 5.69 Å². The molecule has 0 aliphatic carbocycles. The molecule has 0 saturated carbocycles. The molecule has 0 radical (unpaired) electrons. The molecule has 2 aliphatic heterocycles. The molecule has 0 fully saturated rings. The van der Waals surface area contributed by atoms with Gasteiger partial charge in [0.05, 0.1) is 12.1 Å². The molecule has 1 unspecified atom stereocenters. The van der Waals surface area contributed by atoms with Crippen molar-refractivity contribution in [2.75, 3.05) is 0 Å². The molecule has 0 bridgehead atoms. The van der Waals surface area contributed by atoms with Crippen molar-refractivity contribution in [3.05, 3.63) is 78.9 Å². The van der Waals surface area contributed by atoms with Crippen LogP contribution in [0.15, 0.2) is 88.4 Å². The van der Waals surface area contributed by atoms with Gasteiger partial charge in [-0.15, -0.1) is 0 Å². The zero-order valence-corrected chi connectivity index (χ0v) is 19.7. The molecular formula is C28H21N3O2P+. The van der Waals surface area contributed by atoms with Gasteiger partial charge in [0, 0.05) is 40.4 Å². The number of benzene rings is 3. The summed E-state index contributed by atoms with van der Waals surface area (Å²) >= 11 is 0. The molecule has 3 aromatic carbocycles. The fraction of sp³-hybridized carbons (Fsp3) is 0.107. The van der Waals surface area contributed by atoms with Crippen LogP contribution in [0.2, 0.25) is 0 Å². The van der Waals surface area contributed by atoms with Gasteiger partial charge in [0.15, 0.2) is 12.9 Å². The van der Waals surface area contributed by atoms with E-state index in [1.165, 1.54) is 0 Å². The van der Waals surface area contributed by atoms with Gasteiger partial charge in [-0.3, -0.25) is 0 Å². The number of para-hydroxylation sites is 1. The van der Waals surface area contributed by atoms with E-state index in [-0.39, 0.29) is 0 Å². The lowest BCUT2D eigenvalue weighted by molar-refractivity contribution is -0.442. The average Bonchev–Trinajstić information content (AvgIpc) is 3.48. The van der Waals surface area contributed by atoms with Gasteiger partial charge in [0.25, 0.3) is 0 Å². The molecule has 7 rings (SSSR count). The van der Waals surface area contributed by atoms with Crippen LogP contribution in [-0.4, -0.2) is 21.1 Å². The van der Waals surface area contributed by atoms with E-state index < -0.39 is 7.14 Å². The Morgan fingerprint density at radius 2 is 1.65 bits per heavy atom. The SMILES string of the molecule is CC1=N[N+](c2ccc3c(c2)P(=O)(c2ccc4c(n2)oc2ccccc24)c2ccccc2-3)=C(C)C1. The molecule has 0 saturated heterocycles. The van der Waals surface area contributed by atoms with E-state index in [0.717, 1.165) is 61.6 Å². The molecule has 1 atom stereocenters. The molecule has 0 amide bonds. The maximum atomic E-state index is 15.1. The van der Waals surface area contributed by atoms with Crippen LogP contribution in [0, 0.1) is 0 Å². The Hall–Kier alpha value is -3.82. The van der Waals surface area contributed by atoms with E-state index >= 15 is 4.57 Å². The third-order valence-electron chi connectivity index (χ3n) is 6.79. The molecule has 5 nitrogen and oxygen atoms in total. The topological polar surface area (TPSA) is 58.5 Å². The molecule has 34 heavy (non-hydrogen) atoms. The second-order valence-electron chi connectivity index (χ2n) is 9.01. The van der Waals surface area contributed by atoms with Gasteiger partial charge < -0.3 is 8.98 Å². The summed E-state index contributed by atoms with van der Waals surface area (Å²) in [5, 5.41) is 8.27. The number of hydrazone groups is 1. The van der Waals surface area contributed by atoms with E-state index in [9.17, 15) is 0 Å². The van der Waals surface area contributed by atoms with E-state index in [0.29, 0.717) is 11.1 Å². The molecule has 5 aromatic rings. The second kappa shape index (κ2) is 6.85. The normalized spacial score (nSPS) is 19.1. The van der Waals surface area contributed by atoms with Crippen molar-refractivity contribution >= 4 is 62.4 Å². The van der Waals surface area contributed by atoms with Crippen LogP contribution in [0.1, 0.15) is 20.3 Å². The number of pyridine rings is 1. The Labute approximate surface area is 196 Å². The summed E-state index contributed by atoms with van der Waals surface area (Å²) in [6, 6.07) is 25.9. The number of fused-ring (bicyclic) bond motifs is 6. The molecular weight excluding hydrogens is 441 g/mol. The van der Waals surface area contributed by atoms with Crippen LogP contribution in [-0.2, 0) is 4.57 Å². The molecule has 4 heterocycles. The van der Waals surface area contributed by atoms with Crippen molar-refractivity contribution in [3.8, 4) is 11.1 Å². The average molecular weight is 462 g/mol. The highest BCUT2D eigenvalue weighted by molar-refractivity contribution is 7.86. The summed E-state index contributed by atoms with van der Waals surface area (Å²) in [7, 11) is -3.21. The quantitative estimate of drug-likeness (QED) is 0.253. The number of nitrogens with zero attached hydrogens (tertiary/aromatic N) is 3. The van der Waals surface area contributed by atoms with Gasteiger partial charge >= 0.3 is 0 Å². The van der Waals surface area contributed by atoms with Gasteiger partial charge in [-0.1, -0.05) is 47.1 Å². The van der Waals surface area contributed by atoms with Crippen molar-refractivity contribution in [1.82, 2.24) is 4.98 Å². The summed E-state index contributed by atoms with van der Waals surface area (Å²) in [6.07, 6.45) is 0.846. The largest absolute Gasteiger partial charge is 0.438 e. The number of rotatable bonds is 2. The maximum absolute atomic E-state index is 15.1. The monoisotopic (exact) mass is 462 g/mol. The second-order valence-corrected chi connectivity index (χ2v) is 11.6. The first kappa shape index (κ1) is 19.6. The summed E-state index contributed by atoms with van der Waals surface area (Å²) < 4.78 is 23.1. The van der Waals surface area contributed by atoms with E-state index in [2.05, 4.69) is 19.1 Å². The molecule has 2 aromatic heterocycles. The Morgan fingerprint density at radius 3 is 2.50 bits per heavy atom. The first-order chi connectivity index (χ1) is 16.5. The molecule has 0 N–H and O–H groups in total. The predicted molar refractivity (Wildman–Crippen MR) is 138 cm³/mol. The minimum absolute atomic E-state index is 0.514. The lowest BCUT2D eigenvalue weighted by atomic mass is 10.1. The van der Waals surface area contributed by atoms with Crippen molar-refractivity contribution < 1.29 is 13.7 Å². The highest BCUT2D eigenvalue weighted by Crippen LogP contribution is 2.52. The fourth-order valence-corrected chi connectivity index (χ4v) is 8.23. The van der Waals surface area contributed by atoms with Crippen LogP contribution in [0.3, 0.4) is 0 Å². The van der Waals surface area contributed by atoms with Gasteiger partial charge in [0.1, 0.15) is 11.0 Å². The highest BCUT2D eigenvalue weighted by atomic mass is 31.2. The number of hydrogen-bond acceptors (Lipinski definition) is 4. The van der Waals surface area contributed by atoms with E-state index in [1.54, 1.807) is 0 Å². The Balaban J connectivity index is 1.49. The highest BCUT2D eigenvalue weighted by Gasteiger charge is 2.42. The van der Waals surface area contributed by atoms with Gasteiger partial charge in [-0.25, -0.2) is 4.98 Å². The number of aromatic nitrogens is 1. The summed E-state index contributed by atoms with van der Waals surface area (Å²) in [5.74, 6) is 0. The maximum Gasteiger partial charge on any atom is 0.238 e. The minimum Gasteiger partial charge on any atom is -0.438 e. The smallest absolute Gasteiger partial charge is 0.238 e. The van der Waals surface area contributed by atoms with Crippen molar-refractivity contribution in [1.29, 1.82) is 0 Å². The van der Waals surface area contributed by atoms with E-state index in [1.807, 2.05) is 78.3 Å². The third-order valence-corrected chi connectivity index (χ3v) is 9.81. The first-order valence-corrected chi connectivity index (χ1v) is 13.0. The van der Waals surface area contributed by atoms with Gasteiger partial charge in [-0.2, -0.15) is 0 Å². The van der Waals surface area contributed by atoms with Crippen molar-refractivity contribution in [3.63, 3.8) is 0 Å². The number of hydrogen-bond donors (Lipinski definition) is 0. The van der Waals surface area contributed by atoms with Crippen LogP contribution in [0.25, 0.3) is 33.2 Å².